The van der Waals surface area contributed by atoms with Crippen molar-refractivity contribution in [2.45, 2.75) is 6.54 Å². The first-order valence-electron chi connectivity index (χ1n) is 9.68. The van der Waals surface area contributed by atoms with Crippen LogP contribution in [0, 0.1) is 0 Å². The van der Waals surface area contributed by atoms with Crippen LogP contribution in [0.15, 0.2) is 71.2 Å². The topological polar surface area (TPSA) is 133 Å². The van der Waals surface area contributed by atoms with Gasteiger partial charge in [-0.05, 0) is 35.9 Å². The molecule has 33 heavy (non-hydrogen) atoms. The van der Waals surface area contributed by atoms with E-state index in [0.717, 1.165) is 14.5 Å². The normalized spacial score (nSPS) is 11.8. The average Bonchev–Trinajstić information content (AvgIpc) is 3.28. The smallest absolute Gasteiger partial charge is 0.329 e. The van der Waals surface area contributed by atoms with E-state index in [1.165, 1.54) is 11.6 Å². The van der Waals surface area contributed by atoms with Gasteiger partial charge in [0.15, 0.2) is 16.9 Å². The van der Waals surface area contributed by atoms with Gasteiger partial charge in [-0.1, -0.05) is 44.0 Å². The van der Waals surface area contributed by atoms with Crippen LogP contribution < -0.4 is 11.2 Å². The number of imidazole rings is 1. The number of halogens is 2. The molecule has 0 aliphatic rings. The summed E-state index contributed by atoms with van der Waals surface area (Å²) in [6.07, 6.45) is 0. The van der Waals surface area contributed by atoms with Gasteiger partial charge in [-0.15, -0.1) is 10.2 Å². The lowest BCUT2D eigenvalue weighted by atomic mass is 10.2. The molecule has 0 aliphatic heterocycles. The second kappa shape index (κ2) is 8.12. The van der Waals surface area contributed by atoms with Crippen molar-refractivity contribution in [3.8, 4) is 5.88 Å². The number of hydrogen-bond donors (Lipinski definition) is 3. The summed E-state index contributed by atoms with van der Waals surface area (Å²) >= 11 is 6.86. The molecule has 3 heterocycles. The number of azo groups is 1. The molecular formula is C21H15Br2N7O3. The van der Waals surface area contributed by atoms with Crippen LogP contribution in [0.5, 0.6) is 5.88 Å². The Hall–Kier alpha value is -3.51. The van der Waals surface area contributed by atoms with Crippen molar-refractivity contribution in [2.75, 3.05) is 0 Å². The summed E-state index contributed by atoms with van der Waals surface area (Å²) in [5, 5.41) is 19.5. The Bertz CT molecular complexity index is 1690. The van der Waals surface area contributed by atoms with E-state index in [-0.39, 0.29) is 35.2 Å². The maximum atomic E-state index is 12.7. The highest BCUT2D eigenvalue weighted by atomic mass is 79.9. The summed E-state index contributed by atoms with van der Waals surface area (Å²) in [4.78, 5) is 34.3. The number of hydrogen-bond acceptors (Lipinski definition) is 6. The van der Waals surface area contributed by atoms with Gasteiger partial charge in [0.05, 0.1) is 12.1 Å². The predicted molar refractivity (Wildman–Crippen MR) is 131 cm³/mol. The Kier molecular flexibility index (Phi) is 5.25. The molecule has 0 atom stereocenters. The zero-order chi connectivity index (χ0) is 23.3. The van der Waals surface area contributed by atoms with E-state index in [9.17, 15) is 14.7 Å². The summed E-state index contributed by atoms with van der Waals surface area (Å²) in [5.41, 5.74) is 1.02. The first-order valence-corrected chi connectivity index (χ1v) is 11.3. The van der Waals surface area contributed by atoms with Crippen LogP contribution in [0.25, 0.3) is 22.1 Å². The van der Waals surface area contributed by atoms with E-state index in [0.29, 0.717) is 10.9 Å². The molecule has 0 saturated carbocycles. The monoisotopic (exact) mass is 571 g/mol. The van der Waals surface area contributed by atoms with Gasteiger partial charge in [-0.25, -0.2) is 4.79 Å². The van der Waals surface area contributed by atoms with Gasteiger partial charge >= 0.3 is 5.69 Å². The zero-order valence-electron chi connectivity index (χ0n) is 17.0. The lowest BCUT2D eigenvalue weighted by Gasteiger charge is -2.06. The summed E-state index contributed by atoms with van der Waals surface area (Å²) in [6.45, 7) is 0.261. The molecule has 2 aromatic carbocycles. The molecule has 0 saturated heterocycles. The third-order valence-corrected chi connectivity index (χ3v) is 6.16. The quantitative estimate of drug-likeness (QED) is 0.271. The molecule has 0 bridgehead atoms. The van der Waals surface area contributed by atoms with Gasteiger partial charge in [0.1, 0.15) is 0 Å². The number of nitrogens with one attached hydrogen (secondary N) is 2. The van der Waals surface area contributed by atoms with Crippen LogP contribution in [0.2, 0.25) is 0 Å². The summed E-state index contributed by atoms with van der Waals surface area (Å²) in [7, 11) is 1.51. The highest BCUT2D eigenvalue weighted by Crippen LogP contribution is 2.37. The number of fused-ring (bicyclic) bond motifs is 2. The van der Waals surface area contributed by atoms with Gasteiger partial charge in [0.2, 0.25) is 5.88 Å². The number of benzene rings is 2. The minimum Gasteiger partial charge on any atom is -0.493 e. The summed E-state index contributed by atoms with van der Waals surface area (Å²) in [6, 6.07) is 13.0. The molecular weight excluding hydrogens is 558 g/mol. The number of aromatic amines is 2. The lowest BCUT2D eigenvalue weighted by molar-refractivity contribution is 0.459. The van der Waals surface area contributed by atoms with Crippen molar-refractivity contribution in [3.05, 3.63) is 77.8 Å². The molecule has 0 aliphatic carbocycles. The Morgan fingerprint density at radius 1 is 1.06 bits per heavy atom. The van der Waals surface area contributed by atoms with Crippen molar-refractivity contribution in [1.29, 1.82) is 0 Å². The van der Waals surface area contributed by atoms with Crippen LogP contribution in [0.3, 0.4) is 0 Å². The zero-order valence-corrected chi connectivity index (χ0v) is 20.2. The van der Waals surface area contributed by atoms with E-state index in [1.54, 1.807) is 16.7 Å². The second-order valence-electron chi connectivity index (χ2n) is 7.33. The van der Waals surface area contributed by atoms with Gasteiger partial charge in [0, 0.05) is 21.4 Å². The van der Waals surface area contributed by atoms with Crippen molar-refractivity contribution in [1.82, 2.24) is 24.1 Å². The van der Waals surface area contributed by atoms with Crippen molar-refractivity contribution in [2.24, 2.45) is 17.3 Å². The molecule has 3 aromatic heterocycles. The molecule has 5 rings (SSSR count). The largest absolute Gasteiger partial charge is 0.493 e. The van der Waals surface area contributed by atoms with Crippen LogP contribution in [-0.2, 0) is 13.6 Å². The molecule has 3 N–H and O–H groups in total. The second-order valence-corrected chi connectivity index (χ2v) is 9.16. The molecule has 0 amide bonds. The fraction of sp³-hybridized carbons (Fsp3) is 0.0952. The molecule has 0 spiro atoms. The van der Waals surface area contributed by atoms with Gasteiger partial charge < -0.3 is 10.1 Å². The van der Waals surface area contributed by atoms with Crippen LogP contribution in [0.4, 0.5) is 11.6 Å². The highest BCUT2D eigenvalue weighted by molar-refractivity contribution is 9.10. The van der Waals surface area contributed by atoms with E-state index in [2.05, 4.69) is 57.0 Å². The summed E-state index contributed by atoms with van der Waals surface area (Å²) in [5.74, 6) is -0.0350. The first kappa shape index (κ1) is 21.3. The number of aromatic hydroxyl groups is 1. The van der Waals surface area contributed by atoms with Gasteiger partial charge in [-0.2, -0.15) is 4.98 Å². The van der Waals surface area contributed by atoms with Gasteiger partial charge in [-0.3, -0.25) is 18.9 Å². The number of rotatable bonds is 4. The van der Waals surface area contributed by atoms with Crippen LogP contribution in [0.1, 0.15) is 5.56 Å². The standard InChI is InChI=1S/C21H15Br2N7O3/c1-29-17-16(19(32)26-21(29)33)30(9-10-3-2-4-11(22)7-10)20(25-17)28-27-15-13-8-12(23)5-6-14(13)24-18(15)31/h2-8,24,31H,9H2,1H3,(H,26,32,33). The molecule has 0 unspecified atom stereocenters. The molecule has 5 aromatic rings. The van der Waals surface area contributed by atoms with Crippen molar-refractivity contribution < 1.29 is 5.11 Å². The Labute approximate surface area is 201 Å². The molecule has 10 nitrogen and oxygen atoms in total. The van der Waals surface area contributed by atoms with E-state index < -0.39 is 11.2 Å². The maximum Gasteiger partial charge on any atom is 0.329 e. The lowest BCUT2D eigenvalue weighted by Crippen LogP contribution is -2.29. The van der Waals surface area contributed by atoms with E-state index in [4.69, 9.17) is 0 Å². The molecule has 0 radical (unpaired) electrons. The van der Waals surface area contributed by atoms with E-state index >= 15 is 0 Å². The number of aromatic nitrogens is 5. The van der Waals surface area contributed by atoms with Crippen LogP contribution in [-0.4, -0.2) is 29.2 Å². The molecule has 12 heteroatoms. The summed E-state index contributed by atoms with van der Waals surface area (Å²) < 4.78 is 4.52. The number of nitrogens with zero attached hydrogens (tertiary/aromatic N) is 5. The highest BCUT2D eigenvalue weighted by Gasteiger charge is 2.18. The number of H-pyrrole nitrogens is 2. The van der Waals surface area contributed by atoms with Gasteiger partial charge in [0.25, 0.3) is 11.5 Å². The third-order valence-electron chi connectivity index (χ3n) is 5.17. The maximum absolute atomic E-state index is 12.7. The predicted octanol–water partition coefficient (Wildman–Crippen LogP) is 4.60. The SMILES string of the molecule is Cn1c(=O)[nH]c(=O)c2c1nc(N=Nc1c(O)[nH]c3ccc(Br)cc13)n2Cc1cccc(Br)c1. The third kappa shape index (κ3) is 3.80. The fourth-order valence-electron chi connectivity index (χ4n) is 3.60. The van der Waals surface area contributed by atoms with Crippen molar-refractivity contribution in [3.63, 3.8) is 0 Å². The van der Waals surface area contributed by atoms with Crippen molar-refractivity contribution >= 4 is 65.6 Å². The minimum atomic E-state index is -0.581. The van der Waals surface area contributed by atoms with E-state index in [1.807, 2.05) is 30.3 Å². The Morgan fingerprint density at radius 3 is 2.64 bits per heavy atom. The fourth-order valence-corrected chi connectivity index (χ4v) is 4.41. The average molecular weight is 573 g/mol. The Morgan fingerprint density at radius 2 is 1.85 bits per heavy atom. The minimum absolute atomic E-state index is 0.112. The van der Waals surface area contributed by atoms with Crippen LogP contribution >= 0.6 is 31.9 Å². The number of aryl methyl sites for hydroxylation is 1. The Balaban J connectivity index is 1.71. The molecule has 0 fully saturated rings. The molecule has 166 valence electrons. The first-order chi connectivity index (χ1) is 15.8.